The molecular formula is C16H18ClFN2O3. The Morgan fingerprint density at radius 2 is 1.87 bits per heavy atom. The minimum absolute atomic E-state index is 0. The molecule has 0 aliphatic carbocycles. The fourth-order valence-corrected chi connectivity index (χ4v) is 2.28. The summed E-state index contributed by atoms with van der Waals surface area (Å²) in [7, 11) is 0. The highest BCUT2D eigenvalue weighted by molar-refractivity contribution is 5.91. The Labute approximate surface area is 139 Å². The summed E-state index contributed by atoms with van der Waals surface area (Å²) in [5.41, 5.74) is 0. The SMILES string of the molecule is Cl.O=C(c1ccc(COc2ccc(F)cc2)o1)N1CCNCC1. The Kier molecular flexibility index (Phi) is 6.01. The second-order valence-corrected chi connectivity index (χ2v) is 5.05. The Bertz CT molecular complexity index is 639. The van der Waals surface area contributed by atoms with E-state index in [1.165, 1.54) is 12.1 Å². The van der Waals surface area contributed by atoms with Crippen molar-refractivity contribution in [3.63, 3.8) is 0 Å². The van der Waals surface area contributed by atoms with Crippen molar-refractivity contribution in [1.29, 1.82) is 0 Å². The lowest BCUT2D eigenvalue weighted by Crippen LogP contribution is -2.46. The number of furan rings is 1. The van der Waals surface area contributed by atoms with Crippen LogP contribution < -0.4 is 10.1 Å². The summed E-state index contributed by atoms with van der Waals surface area (Å²) < 4.78 is 23.8. The second kappa shape index (κ2) is 7.99. The van der Waals surface area contributed by atoms with Gasteiger partial charge in [0.2, 0.25) is 0 Å². The van der Waals surface area contributed by atoms with E-state index in [1.54, 1.807) is 29.2 Å². The van der Waals surface area contributed by atoms with E-state index < -0.39 is 0 Å². The van der Waals surface area contributed by atoms with E-state index in [-0.39, 0.29) is 30.7 Å². The lowest BCUT2D eigenvalue weighted by molar-refractivity contribution is 0.0699. The minimum Gasteiger partial charge on any atom is -0.486 e. The van der Waals surface area contributed by atoms with Crippen molar-refractivity contribution >= 4 is 18.3 Å². The van der Waals surface area contributed by atoms with Gasteiger partial charge in [0, 0.05) is 26.2 Å². The van der Waals surface area contributed by atoms with Crippen LogP contribution in [-0.2, 0) is 6.61 Å². The molecule has 1 amide bonds. The van der Waals surface area contributed by atoms with E-state index in [9.17, 15) is 9.18 Å². The van der Waals surface area contributed by atoms with Crippen LogP contribution >= 0.6 is 12.4 Å². The number of hydrogen-bond donors (Lipinski definition) is 1. The smallest absolute Gasteiger partial charge is 0.289 e. The van der Waals surface area contributed by atoms with Gasteiger partial charge in [-0.15, -0.1) is 12.4 Å². The molecule has 124 valence electrons. The van der Waals surface area contributed by atoms with E-state index in [2.05, 4.69) is 5.32 Å². The monoisotopic (exact) mass is 340 g/mol. The topological polar surface area (TPSA) is 54.7 Å². The molecule has 0 radical (unpaired) electrons. The Hall–Kier alpha value is -2.05. The van der Waals surface area contributed by atoms with Gasteiger partial charge in [-0.2, -0.15) is 0 Å². The molecule has 0 bridgehead atoms. The lowest BCUT2D eigenvalue weighted by Gasteiger charge is -2.26. The fourth-order valence-electron chi connectivity index (χ4n) is 2.28. The lowest BCUT2D eigenvalue weighted by atomic mass is 10.3. The highest BCUT2D eigenvalue weighted by Gasteiger charge is 2.20. The first kappa shape index (κ1) is 17.3. The van der Waals surface area contributed by atoms with Gasteiger partial charge >= 0.3 is 0 Å². The van der Waals surface area contributed by atoms with Crippen LogP contribution in [0.2, 0.25) is 0 Å². The van der Waals surface area contributed by atoms with E-state index >= 15 is 0 Å². The van der Waals surface area contributed by atoms with Gasteiger partial charge in [-0.25, -0.2) is 4.39 Å². The molecule has 0 unspecified atom stereocenters. The quantitative estimate of drug-likeness (QED) is 0.929. The van der Waals surface area contributed by atoms with Crippen molar-refractivity contribution < 1.29 is 18.3 Å². The van der Waals surface area contributed by atoms with Crippen LogP contribution in [0.15, 0.2) is 40.8 Å². The van der Waals surface area contributed by atoms with Crippen LogP contribution in [0.1, 0.15) is 16.3 Å². The molecule has 1 aliphatic rings. The molecule has 1 aliphatic heterocycles. The summed E-state index contributed by atoms with van der Waals surface area (Å²) in [5.74, 6) is 1.01. The van der Waals surface area contributed by atoms with Crippen LogP contribution in [0.5, 0.6) is 5.75 Å². The van der Waals surface area contributed by atoms with Crippen LogP contribution in [0.25, 0.3) is 0 Å². The van der Waals surface area contributed by atoms with Gasteiger partial charge in [0.25, 0.3) is 5.91 Å². The molecule has 23 heavy (non-hydrogen) atoms. The van der Waals surface area contributed by atoms with Crippen LogP contribution in [0, 0.1) is 5.82 Å². The molecule has 7 heteroatoms. The third kappa shape index (κ3) is 4.46. The first-order valence-electron chi connectivity index (χ1n) is 7.19. The van der Waals surface area contributed by atoms with Crippen molar-refractivity contribution in [3.8, 4) is 5.75 Å². The Morgan fingerprint density at radius 1 is 1.17 bits per heavy atom. The average molecular weight is 341 g/mol. The number of carbonyl (C=O) groups excluding carboxylic acids is 1. The van der Waals surface area contributed by atoms with Gasteiger partial charge in [-0.3, -0.25) is 4.79 Å². The summed E-state index contributed by atoms with van der Waals surface area (Å²) in [5, 5.41) is 3.20. The summed E-state index contributed by atoms with van der Waals surface area (Å²) in [6, 6.07) is 9.14. The van der Waals surface area contributed by atoms with Crippen molar-refractivity contribution in [3.05, 3.63) is 53.7 Å². The summed E-state index contributed by atoms with van der Waals surface area (Å²) in [6.07, 6.45) is 0. The number of piperazine rings is 1. The molecule has 1 N–H and O–H groups in total. The van der Waals surface area contributed by atoms with Crippen molar-refractivity contribution in [2.75, 3.05) is 26.2 Å². The van der Waals surface area contributed by atoms with E-state index in [4.69, 9.17) is 9.15 Å². The normalized spacial score (nSPS) is 14.2. The minimum atomic E-state index is -0.311. The first-order chi connectivity index (χ1) is 10.7. The van der Waals surface area contributed by atoms with Gasteiger partial charge in [0.15, 0.2) is 5.76 Å². The summed E-state index contributed by atoms with van der Waals surface area (Å²) >= 11 is 0. The molecule has 1 saturated heterocycles. The zero-order valence-corrected chi connectivity index (χ0v) is 13.3. The number of rotatable bonds is 4. The average Bonchev–Trinajstić information content (AvgIpc) is 3.03. The third-order valence-corrected chi connectivity index (χ3v) is 3.47. The maximum absolute atomic E-state index is 12.8. The van der Waals surface area contributed by atoms with Crippen molar-refractivity contribution in [2.45, 2.75) is 6.61 Å². The molecule has 2 heterocycles. The summed E-state index contributed by atoms with van der Waals surface area (Å²) in [6.45, 7) is 3.16. The number of nitrogens with one attached hydrogen (secondary N) is 1. The first-order valence-corrected chi connectivity index (χ1v) is 7.19. The predicted octanol–water partition coefficient (Wildman–Crippen LogP) is 2.46. The molecule has 5 nitrogen and oxygen atoms in total. The van der Waals surface area contributed by atoms with Crippen LogP contribution in [0.3, 0.4) is 0 Å². The van der Waals surface area contributed by atoms with E-state index in [0.717, 1.165) is 13.1 Å². The zero-order valence-electron chi connectivity index (χ0n) is 12.5. The maximum Gasteiger partial charge on any atom is 0.289 e. The highest BCUT2D eigenvalue weighted by Crippen LogP contribution is 2.16. The van der Waals surface area contributed by atoms with Crippen molar-refractivity contribution in [2.24, 2.45) is 0 Å². The van der Waals surface area contributed by atoms with Crippen molar-refractivity contribution in [1.82, 2.24) is 10.2 Å². The van der Waals surface area contributed by atoms with Crippen LogP contribution in [-0.4, -0.2) is 37.0 Å². The number of amides is 1. The molecule has 1 aromatic heterocycles. The number of hydrogen-bond acceptors (Lipinski definition) is 4. The molecule has 1 aromatic carbocycles. The van der Waals surface area contributed by atoms with E-state index in [1.807, 2.05) is 0 Å². The number of ether oxygens (including phenoxy) is 1. The third-order valence-electron chi connectivity index (χ3n) is 3.47. The molecule has 1 fully saturated rings. The number of nitrogens with zero attached hydrogens (tertiary/aromatic N) is 1. The van der Waals surface area contributed by atoms with E-state index in [0.29, 0.717) is 30.4 Å². The largest absolute Gasteiger partial charge is 0.486 e. The van der Waals surface area contributed by atoms with Gasteiger partial charge in [-0.1, -0.05) is 0 Å². The molecule has 0 atom stereocenters. The van der Waals surface area contributed by atoms with Gasteiger partial charge in [0.1, 0.15) is 23.9 Å². The van der Waals surface area contributed by atoms with Gasteiger partial charge in [-0.05, 0) is 36.4 Å². The van der Waals surface area contributed by atoms with Gasteiger partial charge < -0.3 is 19.4 Å². The fraction of sp³-hybridized carbons (Fsp3) is 0.312. The maximum atomic E-state index is 12.8. The number of benzene rings is 1. The molecule has 2 aromatic rings. The number of halogens is 2. The highest BCUT2D eigenvalue weighted by atomic mass is 35.5. The van der Waals surface area contributed by atoms with Gasteiger partial charge in [0.05, 0.1) is 0 Å². The second-order valence-electron chi connectivity index (χ2n) is 5.05. The molecular weight excluding hydrogens is 323 g/mol. The predicted molar refractivity (Wildman–Crippen MR) is 85.5 cm³/mol. The summed E-state index contributed by atoms with van der Waals surface area (Å²) in [4.78, 5) is 14.0. The molecule has 0 saturated carbocycles. The molecule has 3 rings (SSSR count). The van der Waals surface area contributed by atoms with Crippen LogP contribution in [0.4, 0.5) is 4.39 Å². The Morgan fingerprint density at radius 3 is 2.57 bits per heavy atom. The standard InChI is InChI=1S/C16H17FN2O3.ClH/c17-12-1-3-13(4-2-12)21-11-14-5-6-15(22-14)16(20)19-9-7-18-8-10-19;/h1-6,18H,7-11H2;1H. The zero-order chi connectivity index (χ0) is 15.4. The number of carbonyl (C=O) groups is 1. The molecule has 0 spiro atoms. The Balaban J connectivity index is 0.00000192.